The number of piperazine rings is 1. The molecular formula is C23H24F2N6OS. The normalized spacial score (nSPS) is 17.4. The highest BCUT2D eigenvalue weighted by molar-refractivity contribution is 7.86. The van der Waals surface area contributed by atoms with Gasteiger partial charge in [-0.3, -0.25) is 4.31 Å². The summed E-state index contributed by atoms with van der Waals surface area (Å²) in [5.41, 5.74) is 2.25. The van der Waals surface area contributed by atoms with Crippen molar-refractivity contribution in [3.8, 4) is 11.1 Å². The quantitative estimate of drug-likeness (QED) is 0.632. The van der Waals surface area contributed by atoms with Crippen molar-refractivity contribution in [2.24, 2.45) is 0 Å². The van der Waals surface area contributed by atoms with Crippen LogP contribution in [0.5, 0.6) is 0 Å². The van der Waals surface area contributed by atoms with Gasteiger partial charge >= 0.3 is 0 Å². The molecule has 2 aromatic heterocycles. The van der Waals surface area contributed by atoms with E-state index in [2.05, 4.69) is 32.1 Å². The summed E-state index contributed by atoms with van der Waals surface area (Å²) in [7, 11) is 0.200. The number of aromatic nitrogens is 2. The largest absolute Gasteiger partial charge is 0.367 e. The zero-order chi connectivity index (χ0) is 22.9. The molecule has 0 radical (unpaired) electrons. The number of fused-ring (bicyclic) bond motifs is 1. The van der Waals surface area contributed by atoms with Gasteiger partial charge in [-0.05, 0) is 43.4 Å². The molecule has 7 nitrogen and oxygen atoms in total. The van der Waals surface area contributed by atoms with Crippen molar-refractivity contribution in [3.63, 3.8) is 0 Å². The molecule has 1 saturated heterocycles. The summed E-state index contributed by atoms with van der Waals surface area (Å²) in [6, 6.07) is 8.83. The Morgan fingerprint density at radius 2 is 1.73 bits per heavy atom. The van der Waals surface area contributed by atoms with Crippen molar-refractivity contribution in [2.75, 3.05) is 60.8 Å². The van der Waals surface area contributed by atoms with Crippen LogP contribution in [-0.2, 0) is 11.0 Å². The maximum Gasteiger partial charge on any atom is 0.156 e. The van der Waals surface area contributed by atoms with Crippen LogP contribution in [0.3, 0.4) is 0 Å². The lowest BCUT2D eigenvalue weighted by atomic mass is 10.1. The van der Waals surface area contributed by atoms with E-state index in [0.29, 0.717) is 24.6 Å². The fourth-order valence-electron chi connectivity index (χ4n) is 4.02. The Kier molecular flexibility index (Phi) is 5.94. The Labute approximate surface area is 193 Å². The number of nitrogens with one attached hydrogen (secondary N) is 1. The van der Waals surface area contributed by atoms with Gasteiger partial charge in [-0.15, -0.1) is 0 Å². The van der Waals surface area contributed by atoms with Gasteiger partial charge in [0.15, 0.2) is 16.8 Å². The van der Waals surface area contributed by atoms with Crippen LogP contribution in [0, 0.1) is 11.6 Å². The van der Waals surface area contributed by atoms with Gasteiger partial charge in [-0.2, -0.15) is 0 Å². The molecule has 0 saturated carbocycles. The molecule has 2 aliphatic rings. The number of hydrogen-bond donors (Lipinski definition) is 1. The molecule has 0 bridgehead atoms. The Morgan fingerprint density at radius 3 is 2.48 bits per heavy atom. The molecule has 2 aliphatic heterocycles. The topological polar surface area (TPSA) is 64.6 Å². The Balaban J connectivity index is 1.43. The smallest absolute Gasteiger partial charge is 0.156 e. The van der Waals surface area contributed by atoms with Gasteiger partial charge in [0.2, 0.25) is 0 Å². The molecule has 3 aromatic rings. The third kappa shape index (κ3) is 4.40. The molecule has 5 rings (SSSR count). The molecule has 1 aromatic carbocycles. The molecule has 10 heteroatoms. The Morgan fingerprint density at radius 1 is 0.939 bits per heavy atom. The average Bonchev–Trinajstić information content (AvgIpc) is 2.85. The van der Waals surface area contributed by atoms with Gasteiger partial charge in [0.1, 0.15) is 17.5 Å². The monoisotopic (exact) mass is 470 g/mol. The number of anilines is 3. The molecule has 1 N–H and O–H groups in total. The van der Waals surface area contributed by atoms with Crippen molar-refractivity contribution in [1.29, 1.82) is 0 Å². The minimum Gasteiger partial charge on any atom is -0.367 e. The second-order valence-electron chi connectivity index (χ2n) is 8.14. The van der Waals surface area contributed by atoms with E-state index in [9.17, 15) is 13.0 Å². The van der Waals surface area contributed by atoms with Crippen LogP contribution in [0.4, 0.5) is 26.1 Å². The summed E-state index contributed by atoms with van der Waals surface area (Å²) in [6.45, 7) is 4.73. The SMILES string of the molecule is CN1CCN(c2ccc(-c3cnc4c(c3)N(S(=O)c3cc(F)ccc3F)CCN4)cn2)CC1. The summed E-state index contributed by atoms with van der Waals surface area (Å²) >= 11 is 0. The standard InChI is InChI=1S/C23H24F2N6OS/c1-29-8-10-30(11-9-29)22-5-2-16(14-27-22)17-12-20-23(28-15-17)26-6-7-31(20)33(32)21-13-18(24)3-4-19(21)25/h2-5,12-15H,6-11H2,1H3,(H,26,28). The number of pyridine rings is 2. The van der Waals surface area contributed by atoms with Crippen LogP contribution in [0.2, 0.25) is 0 Å². The molecule has 172 valence electrons. The van der Waals surface area contributed by atoms with Crippen molar-refractivity contribution in [1.82, 2.24) is 14.9 Å². The van der Waals surface area contributed by atoms with Crippen molar-refractivity contribution >= 4 is 28.3 Å². The number of benzene rings is 1. The van der Waals surface area contributed by atoms with E-state index >= 15 is 0 Å². The van der Waals surface area contributed by atoms with E-state index in [0.717, 1.165) is 61.3 Å². The van der Waals surface area contributed by atoms with Gasteiger partial charge in [0, 0.05) is 62.8 Å². The van der Waals surface area contributed by atoms with Gasteiger partial charge in [-0.1, -0.05) is 0 Å². The fourth-order valence-corrected chi connectivity index (χ4v) is 5.28. The molecule has 1 unspecified atom stereocenters. The van der Waals surface area contributed by atoms with E-state index in [1.54, 1.807) is 16.7 Å². The van der Waals surface area contributed by atoms with E-state index in [1.165, 1.54) is 0 Å². The van der Waals surface area contributed by atoms with Gasteiger partial charge < -0.3 is 15.1 Å². The minimum absolute atomic E-state index is 0.188. The lowest BCUT2D eigenvalue weighted by molar-refractivity contribution is 0.312. The van der Waals surface area contributed by atoms with Crippen LogP contribution in [-0.4, -0.2) is 65.4 Å². The second kappa shape index (κ2) is 9.03. The van der Waals surface area contributed by atoms with Gasteiger partial charge in [-0.25, -0.2) is 23.0 Å². The predicted octanol–water partition coefficient (Wildman–Crippen LogP) is 3.13. The maximum absolute atomic E-state index is 14.3. The first kappa shape index (κ1) is 21.7. The van der Waals surface area contributed by atoms with Crippen LogP contribution in [0.1, 0.15) is 0 Å². The summed E-state index contributed by atoms with van der Waals surface area (Å²) < 4.78 is 42.7. The van der Waals surface area contributed by atoms with E-state index in [1.807, 2.05) is 18.2 Å². The van der Waals surface area contributed by atoms with E-state index < -0.39 is 22.6 Å². The third-order valence-electron chi connectivity index (χ3n) is 5.93. The molecular weight excluding hydrogens is 446 g/mol. The number of hydrogen-bond acceptors (Lipinski definition) is 6. The first-order valence-corrected chi connectivity index (χ1v) is 11.9. The van der Waals surface area contributed by atoms with Gasteiger partial charge in [0.25, 0.3) is 0 Å². The molecule has 33 heavy (non-hydrogen) atoms. The third-order valence-corrected chi connectivity index (χ3v) is 7.40. The summed E-state index contributed by atoms with van der Waals surface area (Å²) in [5.74, 6) is 0.150. The van der Waals surface area contributed by atoms with Crippen molar-refractivity contribution in [2.45, 2.75) is 4.90 Å². The zero-order valence-electron chi connectivity index (χ0n) is 18.2. The first-order chi connectivity index (χ1) is 16.0. The molecule has 0 aliphatic carbocycles. The van der Waals surface area contributed by atoms with E-state index in [4.69, 9.17) is 0 Å². The first-order valence-electron chi connectivity index (χ1n) is 10.8. The van der Waals surface area contributed by atoms with Crippen LogP contribution >= 0.6 is 0 Å². The van der Waals surface area contributed by atoms with Crippen molar-refractivity contribution in [3.05, 3.63) is 60.4 Å². The highest BCUT2D eigenvalue weighted by Gasteiger charge is 2.26. The average molecular weight is 471 g/mol. The highest BCUT2D eigenvalue weighted by Crippen LogP contribution is 2.34. The number of nitrogens with zero attached hydrogens (tertiary/aromatic N) is 5. The zero-order valence-corrected chi connectivity index (χ0v) is 19.0. The van der Waals surface area contributed by atoms with E-state index in [-0.39, 0.29) is 4.90 Å². The summed E-state index contributed by atoms with van der Waals surface area (Å²) in [6.07, 6.45) is 3.54. The molecule has 0 spiro atoms. The molecule has 1 atom stereocenters. The fraction of sp³-hybridized carbons (Fsp3) is 0.304. The second-order valence-corrected chi connectivity index (χ2v) is 9.52. The van der Waals surface area contributed by atoms with Crippen molar-refractivity contribution < 1.29 is 13.0 Å². The van der Waals surface area contributed by atoms with Gasteiger partial charge in [0.05, 0.1) is 10.6 Å². The predicted molar refractivity (Wildman–Crippen MR) is 126 cm³/mol. The molecule has 1 fully saturated rings. The number of likely N-dealkylation sites (N-methyl/N-ethyl adjacent to an activating group) is 1. The number of rotatable bonds is 4. The van der Waals surface area contributed by atoms with Crippen LogP contribution in [0.15, 0.2) is 53.7 Å². The Hall–Kier alpha value is -3.11. The summed E-state index contributed by atoms with van der Waals surface area (Å²) in [5, 5.41) is 3.18. The summed E-state index contributed by atoms with van der Waals surface area (Å²) in [4.78, 5) is 13.5. The minimum atomic E-state index is -1.92. The lowest BCUT2D eigenvalue weighted by Gasteiger charge is -2.33. The lowest BCUT2D eigenvalue weighted by Crippen LogP contribution is -2.44. The molecule has 0 amide bonds. The number of halogens is 2. The van der Waals surface area contributed by atoms with Crippen LogP contribution in [0.25, 0.3) is 11.1 Å². The molecule has 4 heterocycles. The maximum atomic E-state index is 14.3. The highest BCUT2D eigenvalue weighted by atomic mass is 32.2. The van der Waals surface area contributed by atoms with Crippen LogP contribution < -0.4 is 14.5 Å². The Bertz CT molecular complexity index is 1180.